The van der Waals surface area contributed by atoms with E-state index in [1.165, 1.54) is 12.5 Å². The summed E-state index contributed by atoms with van der Waals surface area (Å²) >= 11 is 0. The summed E-state index contributed by atoms with van der Waals surface area (Å²) in [6.07, 6.45) is 6.33. The number of carbonyl (C=O) groups excluding carboxylic acids is 2. The van der Waals surface area contributed by atoms with E-state index in [-0.39, 0.29) is 5.91 Å². The Balaban J connectivity index is 0.000000396. The molecule has 1 aromatic carbocycles. The molecule has 0 aliphatic carbocycles. The maximum Gasteiger partial charge on any atom is 0.255 e. The average Bonchev–Trinajstić information content (AvgIpc) is 3.36. The van der Waals surface area contributed by atoms with Gasteiger partial charge < -0.3 is 29.8 Å². The first-order valence-electron chi connectivity index (χ1n) is 11.2. The minimum Gasteiger partial charge on any atom is -0.460 e. The van der Waals surface area contributed by atoms with E-state index in [9.17, 15) is 9.59 Å². The van der Waals surface area contributed by atoms with Crippen molar-refractivity contribution >= 4 is 35.1 Å². The largest absolute Gasteiger partial charge is 0.460 e. The van der Waals surface area contributed by atoms with E-state index >= 15 is 0 Å². The first-order chi connectivity index (χ1) is 16.2. The molecule has 0 spiro atoms. The highest BCUT2D eigenvalue weighted by molar-refractivity contribution is 6.07. The zero-order valence-electron chi connectivity index (χ0n) is 20.5. The van der Waals surface area contributed by atoms with Crippen LogP contribution in [0.15, 0.2) is 34.9 Å². The van der Waals surface area contributed by atoms with Crippen molar-refractivity contribution in [2.45, 2.75) is 46.2 Å². The molecule has 0 saturated carbocycles. The maximum absolute atomic E-state index is 12.0. The van der Waals surface area contributed by atoms with Gasteiger partial charge in [-0.3, -0.25) is 9.59 Å². The Hall–Kier alpha value is -3.65. The van der Waals surface area contributed by atoms with Crippen molar-refractivity contribution in [3.05, 3.63) is 58.6 Å². The van der Waals surface area contributed by atoms with E-state index in [0.717, 1.165) is 30.1 Å². The van der Waals surface area contributed by atoms with Crippen LogP contribution >= 0.6 is 0 Å². The number of fused-ring (bicyclic) bond motifs is 1. The summed E-state index contributed by atoms with van der Waals surface area (Å²) in [5.41, 5.74) is 2.88. The summed E-state index contributed by atoms with van der Waals surface area (Å²) in [7, 11) is 3.75. The SMILES string of the molecule is CC1CC(C)N1C.CNC(=O)c1c(C)oc2cc(O/C(=C/C=N)c3[nH]cc(C=O)c3C)ccc12. The predicted molar refractivity (Wildman–Crippen MR) is 134 cm³/mol. The molecule has 8 heteroatoms. The zero-order valence-corrected chi connectivity index (χ0v) is 20.5. The molecule has 3 aromatic rings. The molecular weight excluding hydrogens is 432 g/mol. The summed E-state index contributed by atoms with van der Waals surface area (Å²) in [5, 5.41) is 10.7. The van der Waals surface area contributed by atoms with Crippen molar-refractivity contribution in [3.8, 4) is 5.75 Å². The summed E-state index contributed by atoms with van der Waals surface area (Å²) in [6.45, 7) is 8.06. The van der Waals surface area contributed by atoms with E-state index in [4.69, 9.17) is 14.6 Å². The Bertz CT molecular complexity index is 1230. The van der Waals surface area contributed by atoms with Gasteiger partial charge in [0.25, 0.3) is 5.91 Å². The number of nitrogens with one attached hydrogen (secondary N) is 3. The fraction of sp³-hybridized carbons (Fsp3) is 0.346. The van der Waals surface area contributed by atoms with Gasteiger partial charge in [0.05, 0.1) is 11.3 Å². The van der Waals surface area contributed by atoms with Crippen molar-refractivity contribution in [1.82, 2.24) is 15.2 Å². The molecule has 0 radical (unpaired) electrons. The fourth-order valence-corrected chi connectivity index (χ4v) is 4.05. The van der Waals surface area contributed by atoms with Crippen LogP contribution in [0, 0.1) is 19.3 Å². The van der Waals surface area contributed by atoms with E-state index in [1.54, 1.807) is 45.3 Å². The molecule has 1 fully saturated rings. The highest BCUT2D eigenvalue weighted by Crippen LogP contribution is 2.31. The molecule has 0 bridgehead atoms. The highest BCUT2D eigenvalue weighted by atomic mass is 16.5. The van der Waals surface area contributed by atoms with E-state index in [0.29, 0.717) is 45.1 Å². The number of aromatic nitrogens is 1. The van der Waals surface area contributed by atoms with Crippen LogP contribution in [0.5, 0.6) is 5.75 Å². The number of aldehydes is 1. The van der Waals surface area contributed by atoms with Crippen molar-refractivity contribution in [2.75, 3.05) is 14.1 Å². The number of aryl methyl sites for hydroxylation is 1. The van der Waals surface area contributed by atoms with Gasteiger partial charge in [0, 0.05) is 54.6 Å². The smallest absolute Gasteiger partial charge is 0.255 e. The summed E-state index contributed by atoms with van der Waals surface area (Å²) in [5.74, 6) is 1.18. The molecule has 3 heterocycles. The Morgan fingerprint density at radius 3 is 2.50 bits per heavy atom. The number of hydrogen-bond acceptors (Lipinski definition) is 6. The fourth-order valence-electron chi connectivity index (χ4n) is 4.05. The van der Waals surface area contributed by atoms with Gasteiger partial charge in [-0.15, -0.1) is 0 Å². The predicted octanol–water partition coefficient (Wildman–Crippen LogP) is 4.72. The third-order valence-corrected chi connectivity index (χ3v) is 6.38. The number of amides is 1. The molecule has 1 saturated heterocycles. The number of allylic oxidation sites excluding steroid dienone is 1. The first-order valence-corrected chi connectivity index (χ1v) is 11.2. The van der Waals surface area contributed by atoms with Crippen LogP contribution in [0.2, 0.25) is 0 Å². The summed E-state index contributed by atoms with van der Waals surface area (Å²) in [4.78, 5) is 28.5. The lowest BCUT2D eigenvalue weighted by Crippen LogP contribution is -2.49. The number of rotatable bonds is 6. The Morgan fingerprint density at radius 2 is 2.00 bits per heavy atom. The third kappa shape index (κ3) is 4.97. The lowest BCUT2D eigenvalue weighted by molar-refractivity contribution is 0.0697. The van der Waals surface area contributed by atoms with Gasteiger partial charge in [-0.1, -0.05) is 0 Å². The lowest BCUT2D eigenvalue weighted by atomic mass is 9.98. The number of H-pyrrole nitrogens is 1. The molecule has 1 aliphatic rings. The second kappa shape index (κ2) is 10.5. The zero-order chi connectivity index (χ0) is 25.0. The van der Waals surface area contributed by atoms with Crippen molar-refractivity contribution < 1.29 is 18.7 Å². The van der Waals surface area contributed by atoms with Crippen LogP contribution in [0.3, 0.4) is 0 Å². The van der Waals surface area contributed by atoms with E-state index in [2.05, 4.69) is 36.1 Å². The monoisotopic (exact) mass is 464 g/mol. The molecule has 34 heavy (non-hydrogen) atoms. The number of hydrogen-bond donors (Lipinski definition) is 3. The van der Waals surface area contributed by atoms with Crippen LogP contribution < -0.4 is 10.1 Å². The standard InChI is InChI=1S/C20H19N3O4.C6H13N/c1-11-13(10-24)9-23-19(11)16(6-7-21)27-14-4-5-15-17(8-14)26-12(2)18(15)20(25)22-3;1-5-4-6(2)7(5)3/h4-10,21,23H,1-3H3,(H,22,25);5-6H,4H2,1-3H3/b16-6+,21-7?;. The third-order valence-electron chi connectivity index (χ3n) is 6.38. The molecule has 2 unspecified atom stereocenters. The minimum atomic E-state index is -0.215. The number of nitrogens with zero attached hydrogens (tertiary/aromatic N) is 1. The number of carbonyl (C=O) groups is 2. The Labute approximate surface area is 199 Å². The summed E-state index contributed by atoms with van der Waals surface area (Å²) in [6, 6.07) is 6.85. The molecule has 2 aromatic heterocycles. The molecular formula is C26H32N4O4. The normalized spacial score (nSPS) is 18.0. The maximum atomic E-state index is 12.0. The van der Waals surface area contributed by atoms with Crippen LogP contribution in [0.4, 0.5) is 0 Å². The minimum absolute atomic E-state index is 0.215. The van der Waals surface area contributed by atoms with Gasteiger partial charge in [0.15, 0.2) is 12.0 Å². The van der Waals surface area contributed by atoms with Gasteiger partial charge in [-0.2, -0.15) is 0 Å². The van der Waals surface area contributed by atoms with Crippen LogP contribution in [0.1, 0.15) is 58.0 Å². The number of furan rings is 1. The quantitative estimate of drug-likeness (QED) is 0.278. The van der Waals surface area contributed by atoms with E-state index in [1.807, 2.05) is 0 Å². The van der Waals surface area contributed by atoms with Crippen LogP contribution in [-0.2, 0) is 0 Å². The molecule has 2 atom stereocenters. The summed E-state index contributed by atoms with van der Waals surface area (Å²) < 4.78 is 11.6. The van der Waals surface area contributed by atoms with Gasteiger partial charge >= 0.3 is 0 Å². The van der Waals surface area contributed by atoms with Crippen molar-refractivity contribution in [1.29, 1.82) is 5.41 Å². The van der Waals surface area contributed by atoms with Crippen molar-refractivity contribution in [3.63, 3.8) is 0 Å². The van der Waals surface area contributed by atoms with Gasteiger partial charge in [0.1, 0.15) is 17.1 Å². The second-order valence-corrected chi connectivity index (χ2v) is 8.53. The van der Waals surface area contributed by atoms with Gasteiger partial charge in [-0.25, -0.2) is 0 Å². The Kier molecular flexibility index (Phi) is 7.73. The molecule has 1 aliphatic heterocycles. The van der Waals surface area contributed by atoms with Crippen LogP contribution in [0.25, 0.3) is 16.7 Å². The lowest BCUT2D eigenvalue weighted by Gasteiger charge is -2.42. The number of benzene rings is 1. The average molecular weight is 465 g/mol. The number of ether oxygens (including phenoxy) is 1. The Morgan fingerprint density at radius 1 is 1.29 bits per heavy atom. The molecule has 1 amide bonds. The van der Waals surface area contributed by atoms with Crippen molar-refractivity contribution in [2.24, 2.45) is 0 Å². The molecule has 4 rings (SSSR count). The van der Waals surface area contributed by atoms with Crippen LogP contribution in [-0.4, -0.2) is 54.5 Å². The number of aromatic amines is 1. The molecule has 8 nitrogen and oxygen atoms in total. The molecule has 180 valence electrons. The first kappa shape index (κ1) is 25.0. The van der Waals surface area contributed by atoms with Gasteiger partial charge in [0.2, 0.25) is 0 Å². The second-order valence-electron chi connectivity index (χ2n) is 8.53. The highest BCUT2D eigenvalue weighted by Gasteiger charge is 2.26. The number of likely N-dealkylation sites (tertiary alicyclic amines) is 1. The molecule has 3 N–H and O–H groups in total. The topological polar surface area (TPSA) is 111 Å². The van der Waals surface area contributed by atoms with E-state index < -0.39 is 0 Å². The van der Waals surface area contributed by atoms with Gasteiger partial charge in [-0.05, 0) is 58.9 Å².